The second kappa shape index (κ2) is 8.75. The number of rotatable bonds is 4. The summed E-state index contributed by atoms with van der Waals surface area (Å²) in [7, 11) is 0. The van der Waals surface area contributed by atoms with Crippen molar-refractivity contribution >= 4 is 40.9 Å². The number of benzene rings is 2. The molecular formula is C24H27N3O3S. The lowest BCUT2D eigenvalue weighted by molar-refractivity contribution is -0.119. The van der Waals surface area contributed by atoms with E-state index in [1.54, 1.807) is 27.6 Å². The Kier molecular flexibility index (Phi) is 6.05. The standard InChI is InChI=1S/C24H27N3O3S/c1-4-22(28)26-10-9-17-12-18(6-8-20(17)26)24(30)27-14-31-13-21(27)23(29)25-19-7-5-15(2)16(3)11-19/h5-8,11-12,21H,4,9-10,13-14H2,1-3H3,(H,25,29). The van der Waals surface area contributed by atoms with Gasteiger partial charge in [-0.1, -0.05) is 13.0 Å². The quantitative estimate of drug-likeness (QED) is 0.791. The number of hydrogen-bond acceptors (Lipinski definition) is 4. The van der Waals surface area contributed by atoms with Crippen molar-refractivity contribution < 1.29 is 14.4 Å². The third kappa shape index (κ3) is 4.19. The molecule has 4 rings (SSSR count). The minimum absolute atomic E-state index is 0.0943. The molecule has 1 saturated heterocycles. The summed E-state index contributed by atoms with van der Waals surface area (Å²) in [6.07, 6.45) is 1.20. The summed E-state index contributed by atoms with van der Waals surface area (Å²) in [4.78, 5) is 41.7. The van der Waals surface area contributed by atoms with Crippen LogP contribution in [0.3, 0.4) is 0 Å². The molecule has 1 unspecified atom stereocenters. The Morgan fingerprint density at radius 1 is 1.10 bits per heavy atom. The topological polar surface area (TPSA) is 69.7 Å². The van der Waals surface area contributed by atoms with Gasteiger partial charge in [0.2, 0.25) is 11.8 Å². The van der Waals surface area contributed by atoms with E-state index in [9.17, 15) is 14.4 Å². The van der Waals surface area contributed by atoms with Gasteiger partial charge >= 0.3 is 0 Å². The fraction of sp³-hybridized carbons (Fsp3) is 0.375. The van der Waals surface area contributed by atoms with Crippen molar-refractivity contribution in [2.75, 3.05) is 28.4 Å². The molecule has 0 bridgehead atoms. The molecule has 0 saturated carbocycles. The number of fused-ring (bicyclic) bond motifs is 1. The fourth-order valence-electron chi connectivity index (χ4n) is 4.06. The molecule has 1 fully saturated rings. The summed E-state index contributed by atoms with van der Waals surface area (Å²) >= 11 is 1.58. The van der Waals surface area contributed by atoms with E-state index in [0.717, 1.165) is 28.9 Å². The van der Waals surface area contributed by atoms with Crippen LogP contribution in [0, 0.1) is 13.8 Å². The molecule has 0 aromatic heterocycles. The minimum atomic E-state index is -0.509. The van der Waals surface area contributed by atoms with Gasteiger partial charge < -0.3 is 15.1 Å². The van der Waals surface area contributed by atoms with E-state index in [2.05, 4.69) is 5.32 Å². The Morgan fingerprint density at radius 3 is 2.65 bits per heavy atom. The molecule has 3 amide bonds. The van der Waals surface area contributed by atoms with Crippen LogP contribution in [0.1, 0.15) is 40.4 Å². The number of thioether (sulfide) groups is 1. The molecular weight excluding hydrogens is 410 g/mol. The number of carbonyl (C=O) groups excluding carboxylic acids is 3. The van der Waals surface area contributed by atoms with Crippen molar-refractivity contribution in [2.24, 2.45) is 0 Å². The number of carbonyl (C=O) groups is 3. The summed E-state index contributed by atoms with van der Waals surface area (Å²) in [5, 5.41) is 2.96. The van der Waals surface area contributed by atoms with Crippen LogP contribution in [0.4, 0.5) is 11.4 Å². The van der Waals surface area contributed by atoms with Gasteiger partial charge in [-0.05, 0) is 67.3 Å². The Bertz CT molecular complexity index is 1050. The fourth-order valence-corrected chi connectivity index (χ4v) is 5.21. The molecule has 1 N–H and O–H groups in total. The van der Waals surface area contributed by atoms with E-state index in [-0.39, 0.29) is 17.7 Å². The summed E-state index contributed by atoms with van der Waals surface area (Å²) in [5.41, 5.74) is 5.49. The van der Waals surface area contributed by atoms with Crippen LogP contribution in [0.2, 0.25) is 0 Å². The van der Waals surface area contributed by atoms with Gasteiger partial charge in [0.1, 0.15) is 6.04 Å². The number of amides is 3. The first kappa shape index (κ1) is 21.4. The Balaban J connectivity index is 1.50. The zero-order chi connectivity index (χ0) is 22.1. The largest absolute Gasteiger partial charge is 0.324 e. The normalized spacial score (nSPS) is 17.6. The molecule has 2 aromatic rings. The highest BCUT2D eigenvalue weighted by molar-refractivity contribution is 7.99. The molecule has 31 heavy (non-hydrogen) atoms. The van der Waals surface area contributed by atoms with Crippen molar-refractivity contribution in [1.29, 1.82) is 0 Å². The third-order valence-corrected chi connectivity index (χ3v) is 7.06. The summed E-state index contributed by atoms with van der Waals surface area (Å²) in [6.45, 7) is 6.55. The van der Waals surface area contributed by atoms with Gasteiger partial charge in [-0.15, -0.1) is 11.8 Å². The average molecular weight is 438 g/mol. The average Bonchev–Trinajstić information content (AvgIpc) is 3.42. The SMILES string of the molecule is CCC(=O)N1CCc2cc(C(=O)N3CSCC3C(=O)Nc3ccc(C)c(C)c3)ccc21. The number of aryl methyl sites for hydroxylation is 2. The second-order valence-corrected chi connectivity index (χ2v) is 9.07. The first-order valence-electron chi connectivity index (χ1n) is 10.6. The molecule has 0 spiro atoms. The smallest absolute Gasteiger partial charge is 0.255 e. The lowest BCUT2D eigenvalue weighted by Gasteiger charge is -2.24. The van der Waals surface area contributed by atoms with Gasteiger partial charge in [0.15, 0.2) is 0 Å². The van der Waals surface area contributed by atoms with Gasteiger partial charge in [0.05, 0.1) is 5.88 Å². The van der Waals surface area contributed by atoms with Crippen LogP contribution in [0.15, 0.2) is 36.4 Å². The number of anilines is 2. The third-order valence-electron chi connectivity index (χ3n) is 6.05. The van der Waals surface area contributed by atoms with Crippen LogP contribution >= 0.6 is 11.8 Å². The monoisotopic (exact) mass is 437 g/mol. The molecule has 1 atom stereocenters. The molecule has 2 aliphatic rings. The first-order chi connectivity index (χ1) is 14.9. The van der Waals surface area contributed by atoms with E-state index < -0.39 is 6.04 Å². The van der Waals surface area contributed by atoms with E-state index in [1.807, 2.05) is 51.1 Å². The molecule has 6 nitrogen and oxygen atoms in total. The summed E-state index contributed by atoms with van der Waals surface area (Å²) < 4.78 is 0. The highest BCUT2D eigenvalue weighted by Gasteiger charge is 2.36. The van der Waals surface area contributed by atoms with Crippen molar-refractivity contribution in [3.8, 4) is 0 Å². The van der Waals surface area contributed by atoms with E-state index in [4.69, 9.17) is 0 Å². The van der Waals surface area contributed by atoms with Gasteiger partial charge in [-0.25, -0.2) is 0 Å². The van der Waals surface area contributed by atoms with E-state index in [1.165, 1.54) is 5.56 Å². The molecule has 0 aliphatic carbocycles. The van der Waals surface area contributed by atoms with Crippen LogP contribution in [-0.4, -0.2) is 46.8 Å². The molecule has 0 radical (unpaired) electrons. The van der Waals surface area contributed by atoms with Gasteiger partial charge in [-0.3, -0.25) is 14.4 Å². The van der Waals surface area contributed by atoms with Gasteiger partial charge in [0.25, 0.3) is 5.91 Å². The first-order valence-corrected chi connectivity index (χ1v) is 11.7. The van der Waals surface area contributed by atoms with Crippen molar-refractivity contribution in [3.05, 3.63) is 58.7 Å². The zero-order valence-electron chi connectivity index (χ0n) is 18.1. The van der Waals surface area contributed by atoms with Crippen molar-refractivity contribution in [3.63, 3.8) is 0 Å². The zero-order valence-corrected chi connectivity index (χ0v) is 18.9. The van der Waals surface area contributed by atoms with Crippen LogP contribution in [-0.2, 0) is 16.0 Å². The van der Waals surface area contributed by atoms with Crippen molar-refractivity contribution in [1.82, 2.24) is 4.90 Å². The van der Waals surface area contributed by atoms with Crippen molar-refractivity contribution in [2.45, 2.75) is 39.7 Å². The maximum atomic E-state index is 13.2. The Morgan fingerprint density at radius 2 is 1.90 bits per heavy atom. The lowest BCUT2D eigenvalue weighted by atomic mass is 10.1. The summed E-state index contributed by atoms with van der Waals surface area (Å²) in [6, 6.07) is 10.8. The maximum Gasteiger partial charge on any atom is 0.255 e. The maximum absolute atomic E-state index is 13.2. The highest BCUT2D eigenvalue weighted by atomic mass is 32.2. The van der Waals surface area contributed by atoms with Crippen LogP contribution in [0.25, 0.3) is 0 Å². The summed E-state index contributed by atoms with van der Waals surface area (Å²) in [5.74, 6) is 0.848. The van der Waals surface area contributed by atoms with E-state index >= 15 is 0 Å². The molecule has 2 heterocycles. The molecule has 162 valence electrons. The number of hydrogen-bond donors (Lipinski definition) is 1. The van der Waals surface area contributed by atoms with Crippen LogP contribution < -0.4 is 10.2 Å². The number of nitrogens with zero attached hydrogens (tertiary/aromatic N) is 2. The second-order valence-electron chi connectivity index (χ2n) is 8.07. The highest BCUT2D eigenvalue weighted by Crippen LogP contribution is 2.31. The Hall–Kier alpha value is -2.80. The molecule has 2 aliphatic heterocycles. The van der Waals surface area contributed by atoms with Crippen LogP contribution in [0.5, 0.6) is 0 Å². The van der Waals surface area contributed by atoms with E-state index in [0.29, 0.717) is 30.2 Å². The van der Waals surface area contributed by atoms with Gasteiger partial charge in [-0.2, -0.15) is 0 Å². The minimum Gasteiger partial charge on any atom is -0.324 e. The van der Waals surface area contributed by atoms with Gasteiger partial charge in [0, 0.05) is 35.7 Å². The number of nitrogens with one attached hydrogen (secondary N) is 1. The Labute approximate surface area is 187 Å². The molecule has 7 heteroatoms. The predicted molar refractivity (Wildman–Crippen MR) is 125 cm³/mol. The molecule has 2 aromatic carbocycles. The lowest BCUT2D eigenvalue weighted by Crippen LogP contribution is -2.44. The predicted octanol–water partition coefficient (Wildman–Crippen LogP) is 3.76.